The molecule has 4 nitrogen and oxygen atoms in total. The quantitative estimate of drug-likeness (QED) is 0.917. The van der Waals surface area contributed by atoms with Gasteiger partial charge in [0.2, 0.25) is 0 Å². The van der Waals surface area contributed by atoms with Gasteiger partial charge in [0.25, 0.3) is 0 Å². The second-order valence-corrected chi connectivity index (χ2v) is 6.80. The molecule has 5 heteroatoms. The van der Waals surface area contributed by atoms with Crippen LogP contribution in [0.3, 0.4) is 0 Å². The van der Waals surface area contributed by atoms with Crippen LogP contribution in [-0.4, -0.2) is 30.0 Å². The van der Waals surface area contributed by atoms with Crippen LogP contribution in [0.5, 0.6) is 0 Å². The van der Waals surface area contributed by atoms with E-state index in [-0.39, 0.29) is 0 Å². The minimum absolute atomic E-state index is 0.547. The monoisotopic (exact) mass is 265 g/mol. The van der Waals surface area contributed by atoms with Gasteiger partial charge in [0.1, 0.15) is 0 Å². The fourth-order valence-electron chi connectivity index (χ4n) is 1.85. The lowest BCUT2D eigenvalue weighted by molar-refractivity contribution is 0.177. The van der Waals surface area contributed by atoms with Crippen molar-refractivity contribution < 1.29 is 13.5 Å². The van der Waals surface area contributed by atoms with Crippen LogP contribution in [0.15, 0.2) is 36.5 Å². The van der Waals surface area contributed by atoms with Crippen LogP contribution in [0.1, 0.15) is 18.6 Å². The summed E-state index contributed by atoms with van der Waals surface area (Å²) in [5.41, 5.74) is 1.19. The molecule has 96 valence electrons. The van der Waals surface area contributed by atoms with E-state index in [2.05, 4.69) is 4.98 Å². The van der Waals surface area contributed by atoms with Crippen molar-refractivity contribution in [2.75, 3.05) is 6.26 Å². The van der Waals surface area contributed by atoms with Crippen LogP contribution in [0.25, 0.3) is 10.9 Å². The maximum atomic E-state index is 11.5. The number of rotatable bonds is 3. The maximum Gasteiger partial charge on any atom is 0.152 e. The van der Waals surface area contributed by atoms with E-state index in [1.807, 2.05) is 12.1 Å². The molecule has 0 amide bonds. The van der Waals surface area contributed by atoms with Crippen molar-refractivity contribution in [1.82, 2.24) is 4.98 Å². The third kappa shape index (κ3) is 2.37. The Balaban J connectivity index is 2.55. The molecule has 0 aliphatic heterocycles. The van der Waals surface area contributed by atoms with E-state index in [1.54, 1.807) is 24.4 Å². The summed E-state index contributed by atoms with van der Waals surface area (Å²) in [5.74, 6) is 0. The van der Waals surface area contributed by atoms with Gasteiger partial charge in [-0.3, -0.25) is 4.98 Å². The topological polar surface area (TPSA) is 67.3 Å². The first-order valence-electron chi connectivity index (χ1n) is 5.62. The number of aromatic nitrogens is 1. The largest absolute Gasteiger partial charge is 0.387 e. The molecule has 0 saturated heterocycles. The first kappa shape index (κ1) is 13.0. The van der Waals surface area contributed by atoms with Crippen LogP contribution in [0.2, 0.25) is 0 Å². The molecule has 0 fully saturated rings. The van der Waals surface area contributed by atoms with Crippen molar-refractivity contribution in [3.63, 3.8) is 0 Å². The molecule has 2 atom stereocenters. The Kier molecular flexibility index (Phi) is 3.36. The Bertz CT molecular complexity index is 661. The molecule has 0 aliphatic carbocycles. The first-order chi connectivity index (χ1) is 8.41. The Morgan fingerprint density at radius 3 is 2.56 bits per heavy atom. The summed E-state index contributed by atoms with van der Waals surface area (Å²) in [5, 5.41) is 10.2. The minimum Gasteiger partial charge on any atom is -0.387 e. The predicted octanol–water partition coefficient (Wildman–Crippen LogP) is 1.70. The van der Waals surface area contributed by atoms with E-state index in [1.165, 1.54) is 6.92 Å². The Hall–Kier alpha value is -1.46. The van der Waals surface area contributed by atoms with Gasteiger partial charge in [0.15, 0.2) is 9.84 Å². The molecule has 0 saturated carbocycles. The molecular weight excluding hydrogens is 250 g/mol. The van der Waals surface area contributed by atoms with Gasteiger partial charge in [-0.1, -0.05) is 24.3 Å². The summed E-state index contributed by atoms with van der Waals surface area (Å²) in [4.78, 5) is 4.21. The molecule has 18 heavy (non-hydrogen) atoms. The molecule has 1 heterocycles. The van der Waals surface area contributed by atoms with Crippen LogP contribution in [0.4, 0.5) is 0 Å². The highest BCUT2D eigenvalue weighted by atomic mass is 32.2. The normalized spacial score (nSPS) is 15.5. The number of hydrogen-bond donors (Lipinski definition) is 1. The average Bonchev–Trinajstić information content (AvgIpc) is 2.35. The molecular formula is C13H15NO3S. The Morgan fingerprint density at radius 2 is 1.89 bits per heavy atom. The van der Waals surface area contributed by atoms with Crippen LogP contribution in [-0.2, 0) is 9.84 Å². The summed E-state index contributed by atoms with van der Waals surface area (Å²) in [7, 11) is -3.30. The van der Waals surface area contributed by atoms with Gasteiger partial charge in [-0.2, -0.15) is 0 Å². The Morgan fingerprint density at radius 1 is 1.22 bits per heavy atom. The van der Waals surface area contributed by atoms with Crippen LogP contribution >= 0.6 is 0 Å². The van der Waals surface area contributed by atoms with E-state index in [9.17, 15) is 13.5 Å². The lowest BCUT2D eigenvalue weighted by atomic mass is 10.0. The van der Waals surface area contributed by atoms with Gasteiger partial charge in [-0.25, -0.2) is 8.42 Å². The van der Waals surface area contributed by atoms with Crippen molar-refractivity contribution >= 4 is 20.7 Å². The van der Waals surface area contributed by atoms with Crippen LogP contribution < -0.4 is 0 Å². The van der Waals surface area contributed by atoms with E-state index in [0.717, 1.165) is 11.6 Å². The zero-order valence-electron chi connectivity index (χ0n) is 10.2. The fourth-order valence-corrected chi connectivity index (χ4v) is 2.47. The average molecular weight is 265 g/mol. The minimum atomic E-state index is -3.30. The number of benzene rings is 1. The molecule has 1 aromatic heterocycles. The summed E-state index contributed by atoms with van der Waals surface area (Å²) >= 11 is 0. The van der Waals surface area contributed by atoms with Gasteiger partial charge in [-0.05, 0) is 13.0 Å². The van der Waals surface area contributed by atoms with Crippen molar-refractivity contribution in [2.24, 2.45) is 0 Å². The number of fused-ring (bicyclic) bond motifs is 1. The SMILES string of the molecule is CC(C(O)c1cccc2cccnc12)S(C)(=O)=O. The van der Waals surface area contributed by atoms with E-state index >= 15 is 0 Å². The second-order valence-electron chi connectivity index (χ2n) is 4.40. The summed E-state index contributed by atoms with van der Waals surface area (Å²) in [6.45, 7) is 1.50. The lowest BCUT2D eigenvalue weighted by Crippen LogP contribution is -2.24. The number of aliphatic hydroxyl groups excluding tert-OH is 1. The third-order valence-electron chi connectivity index (χ3n) is 3.10. The molecule has 0 spiro atoms. The number of nitrogens with zero attached hydrogens (tertiary/aromatic N) is 1. The predicted molar refractivity (Wildman–Crippen MR) is 71.0 cm³/mol. The third-order valence-corrected chi connectivity index (χ3v) is 4.71. The summed E-state index contributed by atoms with van der Waals surface area (Å²) < 4.78 is 23.0. The van der Waals surface area contributed by atoms with Crippen molar-refractivity contribution in [1.29, 1.82) is 0 Å². The second kappa shape index (κ2) is 4.66. The smallest absolute Gasteiger partial charge is 0.152 e. The molecule has 1 N–H and O–H groups in total. The molecule has 1 aromatic carbocycles. The summed E-state index contributed by atoms with van der Waals surface area (Å²) in [6, 6.07) is 9.06. The van der Waals surface area contributed by atoms with Crippen molar-refractivity contribution in [3.8, 4) is 0 Å². The lowest BCUT2D eigenvalue weighted by Gasteiger charge is -2.18. The van der Waals surface area contributed by atoms with Crippen LogP contribution in [0, 0.1) is 0 Å². The molecule has 2 rings (SSSR count). The molecule has 2 aromatic rings. The van der Waals surface area contributed by atoms with Crippen molar-refractivity contribution in [3.05, 3.63) is 42.1 Å². The number of hydrogen-bond acceptors (Lipinski definition) is 4. The Labute approximate surface area is 106 Å². The number of aliphatic hydroxyl groups is 1. The molecule has 0 radical (unpaired) electrons. The first-order valence-corrected chi connectivity index (χ1v) is 7.57. The van der Waals surface area contributed by atoms with Gasteiger partial charge in [-0.15, -0.1) is 0 Å². The van der Waals surface area contributed by atoms with Gasteiger partial charge >= 0.3 is 0 Å². The van der Waals surface area contributed by atoms with Gasteiger partial charge in [0.05, 0.1) is 16.9 Å². The fraction of sp³-hybridized carbons (Fsp3) is 0.308. The van der Waals surface area contributed by atoms with Crippen molar-refractivity contribution in [2.45, 2.75) is 18.3 Å². The number of sulfone groups is 1. The molecule has 2 unspecified atom stereocenters. The highest BCUT2D eigenvalue weighted by molar-refractivity contribution is 7.91. The maximum absolute atomic E-state index is 11.5. The summed E-state index contributed by atoms with van der Waals surface area (Å²) in [6.07, 6.45) is 1.68. The highest BCUT2D eigenvalue weighted by Gasteiger charge is 2.26. The van der Waals surface area contributed by atoms with E-state index in [4.69, 9.17) is 0 Å². The van der Waals surface area contributed by atoms with Gasteiger partial charge < -0.3 is 5.11 Å². The van der Waals surface area contributed by atoms with E-state index in [0.29, 0.717) is 11.1 Å². The highest BCUT2D eigenvalue weighted by Crippen LogP contribution is 2.27. The zero-order valence-corrected chi connectivity index (χ0v) is 11.1. The van der Waals surface area contributed by atoms with E-state index < -0.39 is 21.2 Å². The number of pyridine rings is 1. The zero-order chi connectivity index (χ0) is 13.3. The molecule has 0 aliphatic rings. The molecule has 0 bridgehead atoms. The van der Waals surface area contributed by atoms with Gasteiger partial charge in [0, 0.05) is 23.4 Å². The number of para-hydroxylation sites is 1. The standard InChI is InChI=1S/C13H15NO3S/c1-9(18(2,16)17)13(15)11-7-3-5-10-6-4-8-14-12(10)11/h3-9,13,15H,1-2H3.